The predicted octanol–water partition coefficient (Wildman–Crippen LogP) is 1.95. The van der Waals surface area contributed by atoms with Crippen molar-refractivity contribution in [1.29, 1.82) is 0 Å². The highest BCUT2D eigenvalue weighted by molar-refractivity contribution is 6.30. The summed E-state index contributed by atoms with van der Waals surface area (Å²) in [5.41, 5.74) is 0.164. The molecule has 0 unspecified atom stereocenters. The number of halogens is 1. The third-order valence-electron chi connectivity index (χ3n) is 2.64. The summed E-state index contributed by atoms with van der Waals surface area (Å²) in [4.78, 5) is 13.3. The molecule has 0 spiro atoms. The molecule has 1 heterocycles. The number of rotatable bonds is 2. The molecule has 0 radical (unpaired) electrons. The topological polar surface area (TPSA) is 40.5 Å². The van der Waals surface area contributed by atoms with Crippen molar-refractivity contribution in [2.75, 3.05) is 13.1 Å². The molecule has 90 valence electrons. The molecule has 0 bridgehead atoms. The van der Waals surface area contributed by atoms with E-state index in [9.17, 15) is 9.90 Å². The van der Waals surface area contributed by atoms with Gasteiger partial charge in [-0.25, -0.2) is 0 Å². The number of hydrogen-bond acceptors (Lipinski definition) is 2. The Morgan fingerprint density at radius 3 is 2.82 bits per heavy atom. The molecular weight excluding hydrogens is 238 g/mol. The van der Waals surface area contributed by atoms with Gasteiger partial charge in [0.2, 0.25) is 5.91 Å². The molecule has 4 heteroatoms. The lowest BCUT2D eigenvalue weighted by Crippen LogP contribution is -2.61. The van der Waals surface area contributed by atoms with Crippen LogP contribution >= 0.6 is 11.6 Å². The lowest BCUT2D eigenvalue weighted by Gasteiger charge is -2.43. The van der Waals surface area contributed by atoms with E-state index in [2.05, 4.69) is 0 Å². The van der Waals surface area contributed by atoms with E-state index in [1.165, 1.54) is 6.08 Å². The number of carbonyl (C=O) groups is 1. The number of amides is 1. The molecular formula is C13H14ClNO2. The summed E-state index contributed by atoms with van der Waals surface area (Å²) >= 11 is 5.84. The number of nitrogens with zero attached hydrogens (tertiary/aromatic N) is 1. The molecule has 1 N–H and O–H groups in total. The van der Waals surface area contributed by atoms with Gasteiger partial charge in [-0.2, -0.15) is 0 Å². The molecule has 3 nitrogen and oxygen atoms in total. The Morgan fingerprint density at radius 2 is 2.24 bits per heavy atom. The van der Waals surface area contributed by atoms with Crippen molar-refractivity contribution in [3.8, 4) is 0 Å². The van der Waals surface area contributed by atoms with Gasteiger partial charge in [0.25, 0.3) is 0 Å². The molecule has 0 saturated carbocycles. The van der Waals surface area contributed by atoms with E-state index in [4.69, 9.17) is 11.6 Å². The maximum atomic E-state index is 11.7. The largest absolute Gasteiger partial charge is 0.386 e. The Morgan fingerprint density at radius 1 is 1.53 bits per heavy atom. The fourth-order valence-corrected chi connectivity index (χ4v) is 2.01. The van der Waals surface area contributed by atoms with Crippen molar-refractivity contribution in [3.05, 3.63) is 40.9 Å². The van der Waals surface area contributed by atoms with Crippen LogP contribution in [0.1, 0.15) is 12.5 Å². The summed E-state index contributed by atoms with van der Waals surface area (Å²) in [5, 5.41) is 10.2. The van der Waals surface area contributed by atoms with Crippen LogP contribution in [0.5, 0.6) is 0 Å². The van der Waals surface area contributed by atoms with Gasteiger partial charge < -0.3 is 10.0 Å². The first-order valence-corrected chi connectivity index (χ1v) is 5.79. The van der Waals surface area contributed by atoms with E-state index in [1.54, 1.807) is 30.0 Å². The van der Waals surface area contributed by atoms with Gasteiger partial charge in [-0.3, -0.25) is 4.79 Å². The fourth-order valence-electron chi connectivity index (χ4n) is 1.82. The lowest BCUT2D eigenvalue weighted by atomic mass is 9.97. The summed E-state index contributed by atoms with van der Waals surface area (Å²) in [6.45, 7) is 2.51. The Balaban J connectivity index is 1.95. The zero-order chi connectivity index (χ0) is 12.5. The van der Waals surface area contributed by atoms with Gasteiger partial charge >= 0.3 is 0 Å². The minimum Gasteiger partial charge on any atom is -0.386 e. The number of β-amino-alcohol motifs (C(OH)–C–C–N with tert-alkyl or cyclic N) is 1. The zero-order valence-electron chi connectivity index (χ0n) is 9.56. The van der Waals surface area contributed by atoms with Crippen LogP contribution in [0.15, 0.2) is 30.3 Å². The number of benzene rings is 1. The Hall–Kier alpha value is -1.32. The van der Waals surface area contributed by atoms with Crippen LogP contribution in [0.3, 0.4) is 0 Å². The zero-order valence-corrected chi connectivity index (χ0v) is 10.3. The van der Waals surface area contributed by atoms with Gasteiger partial charge in [0.1, 0.15) is 0 Å². The van der Waals surface area contributed by atoms with Gasteiger partial charge in [-0.15, -0.1) is 0 Å². The number of aliphatic hydroxyl groups is 1. The molecule has 1 saturated heterocycles. The molecule has 1 aromatic rings. The predicted molar refractivity (Wildman–Crippen MR) is 67.7 cm³/mol. The molecule has 1 amide bonds. The Labute approximate surface area is 105 Å². The first-order chi connectivity index (χ1) is 7.96. The van der Waals surface area contributed by atoms with E-state index in [1.807, 2.05) is 12.1 Å². The van der Waals surface area contributed by atoms with E-state index in [-0.39, 0.29) is 5.91 Å². The maximum absolute atomic E-state index is 11.7. The highest BCUT2D eigenvalue weighted by atomic mass is 35.5. The summed E-state index contributed by atoms with van der Waals surface area (Å²) in [6, 6.07) is 7.29. The summed E-state index contributed by atoms with van der Waals surface area (Å²) < 4.78 is 0. The summed E-state index contributed by atoms with van der Waals surface area (Å²) in [7, 11) is 0. The van der Waals surface area contributed by atoms with E-state index < -0.39 is 5.60 Å². The van der Waals surface area contributed by atoms with Crippen molar-refractivity contribution >= 4 is 23.6 Å². The van der Waals surface area contributed by atoms with Gasteiger partial charge in [-0.1, -0.05) is 23.7 Å². The monoisotopic (exact) mass is 251 g/mol. The standard InChI is InChI=1S/C13H14ClNO2/c1-13(17)8-15(9-13)12(16)6-5-10-3-2-4-11(14)7-10/h2-7,17H,8-9H2,1H3. The minimum absolute atomic E-state index is 0.0866. The first kappa shape index (κ1) is 12.1. The van der Waals surface area contributed by atoms with Crippen LogP contribution in [0.4, 0.5) is 0 Å². The third kappa shape index (κ3) is 3.08. The van der Waals surface area contributed by atoms with Crippen LogP contribution in [-0.4, -0.2) is 34.6 Å². The third-order valence-corrected chi connectivity index (χ3v) is 2.88. The summed E-state index contributed by atoms with van der Waals surface area (Å²) in [5.74, 6) is -0.0866. The van der Waals surface area contributed by atoms with Crippen LogP contribution in [-0.2, 0) is 4.79 Å². The van der Waals surface area contributed by atoms with Crippen LogP contribution < -0.4 is 0 Å². The minimum atomic E-state index is -0.723. The quantitative estimate of drug-likeness (QED) is 0.817. The molecule has 2 rings (SSSR count). The van der Waals surface area contributed by atoms with Crippen molar-refractivity contribution in [2.45, 2.75) is 12.5 Å². The van der Waals surface area contributed by atoms with Gasteiger partial charge in [0.15, 0.2) is 0 Å². The van der Waals surface area contributed by atoms with Crippen LogP contribution in [0.25, 0.3) is 6.08 Å². The number of likely N-dealkylation sites (tertiary alicyclic amines) is 1. The average Bonchev–Trinajstić information content (AvgIpc) is 2.22. The van der Waals surface area contributed by atoms with E-state index in [0.717, 1.165) is 5.56 Å². The summed E-state index contributed by atoms with van der Waals surface area (Å²) in [6.07, 6.45) is 3.22. The fraction of sp³-hybridized carbons (Fsp3) is 0.308. The Bertz CT molecular complexity index is 460. The van der Waals surface area contributed by atoms with Crippen molar-refractivity contribution in [1.82, 2.24) is 4.90 Å². The van der Waals surface area contributed by atoms with Gasteiger partial charge in [0, 0.05) is 11.1 Å². The van der Waals surface area contributed by atoms with E-state index >= 15 is 0 Å². The van der Waals surface area contributed by atoms with Gasteiger partial charge in [0.05, 0.1) is 18.7 Å². The molecule has 1 fully saturated rings. The van der Waals surface area contributed by atoms with Crippen LogP contribution in [0, 0.1) is 0 Å². The molecule has 1 aromatic carbocycles. The molecule has 0 atom stereocenters. The second-order valence-corrected chi connectivity index (χ2v) is 5.02. The van der Waals surface area contributed by atoms with Gasteiger partial charge in [-0.05, 0) is 30.7 Å². The first-order valence-electron chi connectivity index (χ1n) is 5.41. The highest BCUT2D eigenvalue weighted by Gasteiger charge is 2.38. The molecule has 1 aliphatic heterocycles. The smallest absolute Gasteiger partial charge is 0.246 e. The average molecular weight is 252 g/mol. The molecule has 17 heavy (non-hydrogen) atoms. The SMILES string of the molecule is CC1(O)CN(C(=O)C=Cc2cccc(Cl)c2)C1. The van der Waals surface area contributed by atoms with Crippen LogP contribution in [0.2, 0.25) is 5.02 Å². The van der Waals surface area contributed by atoms with E-state index in [0.29, 0.717) is 18.1 Å². The van der Waals surface area contributed by atoms with Crippen molar-refractivity contribution in [2.24, 2.45) is 0 Å². The number of hydrogen-bond donors (Lipinski definition) is 1. The second kappa shape index (κ2) is 4.51. The number of carbonyl (C=O) groups excluding carboxylic acids is 1. The molecule has 0 aromatic heterocycles. The molecule has 1 aliphatic rings. The highest BCUT2D eigenvalue weighted by Crippen LogP contribution is 2.20. The van der Waals surface area contributed by atoms with Crippen molar-refractivity contribution < 1.29 is 9.90 Å². The lowest BCUT2D eigenvalue weighted by molar-refractivity contribution is -0.146. The Kier molecular flexibility index (Phi) is 3.22. The maximum Gasteiger partial charge on any atom is 0.246 e. The molecule has 0 aliphatic carbocycles. The second-order valence-electron chi connectivity index (χ2n) is 4.58. The van der Waals surface area contributed by atoms with Crippen molar-refractivity contribution in [3.63, 3.8) is 0 Å². The normalized spacial score (nSPS) is 18.2.